The molecule has 3 heterocycles. The summed E-state index contributed by atoms with van der Waals surface area (Å²) in [5, 5.41) is 67.3. The van der Waals surface area contributed by atoms with Gasteiger partial charge in [0.1, 0.15) is 30.5 Å². The Balaban J connectivity index is 2.00. The van der Waals surface area contributed by atoms with Gasteiger partial charge in [-0.3, -0.25) is 0 Å². The minimum Gasteiger partial charge on any atom is -0.456 e. The van der Waals surface area contributed by atoms with Crippen LogP contribution < -0.4 is 0 Å². The van der Waals surface area contributed by atoms with Crippen LogP contribution in [-0.2, 0) is 38.0 Å². The van der Waals surface area contributed by atoms with Crippen molar-refractivity contribution in [2.45, 2.75) is 160 Å². The molecule has 0 bridgehead atoms. The Hall–Kier alpha value is -2.57. The number of hydrogen-bond acceptors (Lipinski definition) is 14. The SMILES string of the molecule is COC[C@H](O)C[C@H]1O[C@@](O)([C@H](O)[C@H]2C[C@H](OC)[C@@H](O)CC/C=C(C)/C=C/[C@@H](O[C@@H]3O[C@@H](C)[C@H](OC)[C@@H](O)[C@@H]3O)[C@H](C)/C=C(C)/C=C(C)/C=C(\C)C(=O)O2)C(C)=C[C@H]1C. The second-order valence-corrected chi connectivity index (χ2v) is 16.2. The Labute approximate surface area is 344 Å². The third-order valence-corrected chi connectivity index (χ3v) is 11.2. The van der Waals surface area contributed by atoms with Crippen molar-refractivity contribution in [1.82, 2.24) is 0 Å². The summed E-state index contributed by atoms with van der Waals surface area (Å²) < 4.78 is 40.5. The molecule has 0 aromatic rings. The molecule has 3 aliphatic rings. The molecule has 58 heavy (non-hydrogen) atoms. The zero-order chi connectivity index (χ0) is 43.5. The normalized spacial score (nSPS) is 41.8. The average Bonchev–Trinajstić information content (AvgIpc) is 3.15. The van der Waals surface area contributed by atoms with Crippen molar-refractivity contribution in [3.05, 3.63) is 70.4 Å². The summed E-state index contributed by atoms with van der Waals surface area (Å²) in [5.74, 6) is -3.53. The molecule has 0 aromatic heterocycles. The number of aliphatic hydroxyl groups excluding tert-OH is 5. The molecule has 6 N–H and O–H groups in total. The van der Waals surface area contributed by atoms with E-state index in [1.165, 1.54) is 21.3 Å². The zero-order valence-electron chi connectivity index (χ0n) is 36.1. The number of carbonyl (C=O) groups is 1. The number of methoxy groups -OCH3 is 3. The highest BCUT2D eigenvalue weighted by Gasteiger charge is 2.50. The van der Waals surface area contributed by atoms with Crippen LogP contribution in [0.1, 0.15) is 81.1 Å². The highest BCUT2D eigenvalue weighted by Crippen LogP contribution is 2.38. The quantitative estimate of drug-likeness (QED) is 0.137. The maximum absolute atomic E-state index is 13.7. The van der Waals surface area contributed by atoms with Gasteiger partial charge in [0.25, 0.3) is 0 Å². The second kappa shape index (κ2) is 22.9. The van der Waals surface area contributed by atoms with Crippen molar-refractivity contribution >= 4 is 5.97 Å². The third kappa shape index (κ3) is 13.5. The fourth-order valence-electron chi connectivity index (χ4n) is 7.80. The van der Waals surface area contributed by atoms with E-state index in [9.17, 15) is 35.4 Å². The molecule has 3 rings (SSSR count). The fourth-order valence-corrected chi connectivity index (χ4v) is 7.80. The standard InChI is InChI=1S/C44H70O14/c1-24-13-12-14-33(46)36(53-10)22-37(41(49)44(51)30(7)20-28(5)35(58-44)21-32(45)23-52-9)56-42(50)29(6)19-26(3)17-25(2)18-27(4)34(16-15-24)57-43-39(48)38(47)40(54-11)31(8)55-43/h13,15-20,27-28,31-41,43,45-49,51H,12,14,21-23H2,1-11H3/b16-15+,24-13+,25-18+,26-17+,29-19+/t27-,28-,31+,32-,33+,34-,35-,36+,37-,38+,39+,40+,41-,43+,44-/m1/s1. The van der Waals surface area contributed by atoms with Crippen LogP contribution in [0, 0.1) is 11.8 Å². The van der Waals surface area contributed by atoms with E-state index in [1.54, 1.807) is 32.9 Å². The topological polar surface area (TPSA) is 203 Å². The lowest BCUT2D eigenvalue weighted by Crippen LogP contribution is -2.58. The summed E-state index contributed by atoms with van der Waals surface area (Å²) in [6, 6.07) is 0. The van der Waals surface area contributed by atoms with Crippen molar-refractivity contribution in [1.29, 1.82) is 0 Å². The highest BCUT2D eigenvalue weighted by atomic mass is 16.7. The van der Waals surface area contributed by atoms with Crippen LogP contribution >= 0.6 is 0 Å². The number of hydrogen-bond donors (Lipinski definition) is 6. The number of ether oxygens (including phenoxy) is 7. The van der Waals surface area contributed by atoms with Crippen LogP contribution in [0.3, 0.4) is 0 Å². The summed E-state index contributed by atoms with van der Waals surface area (Å²) in [7, 11) is 4.32. The molecule has 14 heteroatoms. The van der Waals surface area contributed by atoms with Gasteiger partial charge in [0, 0.05) is 51.6 Å². The first kappa shape index (κ1) is 49.8. The largest absolute Gasteiger partial charge is 0.456 e. The molecule has 3 aliphatic heterocycles. The minimum atomic E-state index is -2.29. The summed E-state index contributed by atoms with van der Waals surface area (Å²) in [4.78, 5) is 13.7. The Morgan fingerprint density at radius 2 is 1.59 bits per heavy atom. The summed E-state index contributed by atoms with van der Waals surface area (Å²) in [6.07, 6.45) is 1.24. The second-order valence-electron chi connectivity index (χ2n) is 16.2. The smallest absolute Gasteiger partial charge is 0.334 e. The predicted octanol–water partition coefficient (Wildman–Crippen LogP) is 3.73. The molecule has 0 saturated carbocycles. The van der Waals surface area contributed by atoms with Gasteiger partial charge in [-0.15, -0.1) is 0 Å². The summed E-state index contributed by atoms with van der Waals surface area (Å²) in [5.41, 5.74) is 2.95. The van der Waals surface area contributed by atoms with E-state index in [0.29, 0.717) is 17.6 Å². The van der Waals surface area contributed by atoms with Gasteiger partial charge < -0.3 is 63.8 Å². The van der Waals surface area contributed by atoms with Crippen LogP contribution in [-0.4, -0.2) is 144 Å². The molecule has 0 aliphatic carbocycles. The van der Waals surface area contributed by atoms with Crippen LogP contribution in [0.5, 0.6) is 0 Å². The van der Waals surface area contributed by atoms with Crippen molar-refractivity contribution in [2.75, 3.05) is 27.9 Å². The lowest BCUT2D eigenvalue weighted by molar-refractivity contribution is -0.305. The van der Waals surface area contributed by atoms with E-state index in [2.05, 4.69) is 0 Å². The molecule has 1 fully saturated rings. The molecule has 0 aromatic carbocycles. The molecule has 0 spiro atoms. The minimum absolute atomic E-state index is 0.0552. The van der Waals surface area contributed by atoms with Gasteiger partial charge in [-0.05, 0) is 66.0 Å². The van der Waals surface area contributed by atoms with Gasteiger partial charge in [-0.25, -0.2) is 4.79 Å². The zero-order valence-corrected chi connectivity index (χ0v) is 36.1. The maximum Gasteiger partial charge on any atom is 0.334 e. The van der Waals surface area contributed by atoms with E-state index in [1.807, 2.05) is 65.0 Å². The molecule has 330 valence electrons. The lowest BCUT2D eigenvalue weighted by atomic mass is 9.85. The van der Waals surface area contributed by atoms with E-state index in [4.69, 9.17) is 33.2 Å². The molecule has 0 unspecified atom stereocenters. The van der Waals surface area contributed by atoms with Crippen LogP contribution in [0.25, 0.3) is 0 Å². The third-order valence-electron chi connectivity index (χ3n) is 11.2. The maximum atomic E-state index is 13.7. The van der Waals surface area contributed by atoms with Crippen LogP contribution in [0.2, 0.25) is 0 Å². The van der Waals surface area contributed by atoms with Crippen LogP contribution in [0.15, 0.2) is 70.4 Å². The number of rotatable bonds is 10. The summed E-state index contributed by atoms with van der Waals surface area (Å²) >= 11 is 0. The lowest BCUT2D eigenvalue weighted by Gasteiger charge is -2.45. The Morgan fingerprint density at radius 3 is 2.22 bits per heavy atom. The van der Waals surface area contributed by atoms with Gasteiger partial charge >= 0.3 is 5.97 Å². The van der Waals surface area contributed by atoms with E-state index in [-0.39, 0.29) is 43.3 Å². The van der Waals surface area contributed by atoms with Gasteiger partial charge in [0.05, 0.1) is 43.2 Å². The van der Waals surface area contributed by atoms with Crippen molar-refractivity contribution < 1.29 is 68.6 Å². The first-order valence-electron chi connectivity index (χ1n) is 20.2. The van der Waals surface area contributed by atoms with Gasteiger partial charge in [-0.1, -0.05) is 67.0 Å². The number of carbonyl (C=O) groups excluding carboxylic acids is 1. The highest BCUT2D eigenvalue weighted by molar-refractivity contribution is 5.88. The Kier molecular flexibility index (Phi) is 19.6. The monoisotopic (exact) mass is 822 g/mol. The van der Waals surface area contributed by atoms with Crippen molar-refractivity contribution in [2.24, 2.45) is 11.8 Å². The molecule has 14 nitrogen and oxygen atoms in total. The molecule has 1 saturated heterocycles. The van der Waals surface area contributed by atoms with E-state index >= 15 is 0 Å². The number of cyclic esters (lactones) is 1. The van der Waals surface area contributed by atoms with Crippen LogP contribution in [0.4, 0.5) is 0 Å². The molecular weight excluding hydrogens is 752 g/mol. The number of aliphatic hydroxyl groups is 6. The average molecular weight is 823 g/mol. The molecule has 0 radical (unpaired) electrons. The molecule has 0 amide bonds. The van der Waals surface area contributed by atoms with Crippen molar-refractivity contribution in [3.63, 3.8) is 0 Å². The number of allylic oxidation sites excluding steroid dienone is 7. The molecule has 15 atom stereocenters. The summed E-state index contributed by atoms with van der Waals surface area (Å²) in [6.45, 7) is 14.5. The first-order chi connectivity index (χ1) is 27.2. The Morgan fingerprint density at radius 1 is 0.897 bits per heavy atom. The number of esters is 1. The first-order valence-corrected chi connectivity index (χ1v) is 20.2. The molecular formula is C44H70O14. The van der Waals surface area contributed by atoms with E-state index in [0.717, 1.165) is 11.1 Å². The van der Waals surface area contributed by atoms with Crippen molar-refractivity contribution in [3.8, 4) is 0 Å². The predicted molar refractivity (Wildman–Crippen MR) is 217 cm³/mol. The van der Waals surface area contributed by atoms with Gasteiger partial charge in [0.2, 0.25) is 5.79 Å². The van der Waals surface area contributed by atoms with E-state index < -0.39 is 85.2 Å². The van der Waals surface area contributed by atoms with Gasteiger partial charge in [-0.2, -0.15) is 0 Å². The Bertz CT molecular complexity index is 1520. The fraction of sp³-hybridized carbons (Fsp3) is 0.705. The van der Waals surface area contributed by atoms with Gasteiger partial charge in [0.15, 0.2) is 6.29 Å².